The van der Waals surface area contributed by atoms with Gasteiger partial charge in [-0.25, -0.2) is 17.2 Å². The van der Waals surface area contributed by atoms with Crippen molar-refractivity contribution < 1.29 is 36.2 Å². The second kappa shape index (κ2) is 11.9. The number of carbonyl (C=O) groups is 1. The Morgan fingerprint density at radius 1 is 0.892 bits per heavy atom. The molecule has 2 N–H and O–H groups in total. The summed E-state index contributed by atoms with van der Waals surface area (Å²) in [6.45, 7) is -0.160. The zero-order valence-corrected chi connectivity index (χ0v) is 21.5. The molecule has 3 aromatic rings. The number of carbonyl (C=O) groups excluding carboxylic acids is 1. The van der Waals surface area contributed by atoms with Gasteiger partial charge in [0.2, 0.25) is 5.91 Å². The molecule has 0 atom stereocenters. The second-order valence-corrected chi connectivity index (χ2v) is 9.87. The van der Waals surface area contributed by atoms with Gasteiger partial charge < -0.3 is 19.9 Å². The molecule has 0 aliphatic rings. The normalized spacial score (nSPS) is 11.2. The van der Waals surface area contributed by atoms with Gasteiger partial charge in [-0.2, -0.15) is 0 Å². The molecule has 0 aliphatic carbocycles. The average molecular weight is 535 g/mol. The molecule has 0 spiro atoms. The highest BCUT2D eigenvalue weighted by atomic mass is 32.2. The van der Waals surface area contributed by atoms with E-state index in [0.717, 1.165) is 16.4 Å². The molecule has 3 aromatic carbocycles. The van der Waals surface area contributed by atoms with E-state index in [2.05, 4.69) is 0 Å². The monoisotopic (exact) mass is 534 g/mol. The summed E-state index contributed by atoms with van der Waals surface area (Å²) in [6, 6.07) is 12.3. The van der Waals surface area contributed by atoms with Gasteiger partial charge in [0.1, 0.15) is 17.4 Å². The molecule has 0 radical (unpaired) electrons. The number of hydrogen-bond acceptors (Lipinski definition) is 6. The van der Waals surface area contributed by atoms with Crippen LogP contribution in [0.15, 0.2) is 59.5 Å². The molecule has 11 heteroatoms. The number of primary amides is 1. The van der Waals surface area contributed by atoms with Crippen molar-refractivity contribution in [2.75, 3.05) is 32.2 Å². The number of para-hydroxylation sites is 1. The topological polar surface area (TPSA) is 108 Å². The highest BCUT2D eigenvalue weighted by Crippen LogP contribution is 2.39. The lowest BCUT2D eigenvalue weighted by Crippen LogP contribution is -2.34. The number of anilines is 1. The molecule has 1 amide bonds. The Morgan fingerprint density at radius 2 is 1.51 bits per heavy atom. The van der Waals surface area contributed by atoms with Gasteiger partial charge in [-0.1, -0.05) is 18.2 Å². The van der Waals surface area contributed by atoms with Crippen LogP contribution in [-0.4, -0.2) is 42.2 Å². The first-order valence-corrected chi connectivity index (χ1v) is 12.7. The van der Waals surface area contributed by atoms with E-state index in [4.69, 9.17) is 19.9 Å². The minimum Gasteiger partial charge on any atom is -0.495 e. The van der Waals surface area contributed by atoms with Crippen molar-refractivity contribution in [1.82, 2.24) is 0 Å². The number of amides is 1. The Morgan fingerprint density at radius 3 is 2.11 bits per heavy atom. The fraction of sp³-hybridized carbons (Fsp3) is 0.269. The first kappa shape index (κ1) is 27.7. The maximum Gasteiger partial charge on any atom is 0.264 e. The molecule has 0 saturated carbocycles. The van der Waals surface area contributed by atoms with Crippen LogP contribution in [0.2, 0.25) is 0 Å². The summed E-state index contributed by atoms with van der Waals surface area (Å²) in [4.78, 5) is 11.3. The van der Waals surface area contributed by atoms with Crippen LogP contribution < -0.4 is 24.2 Å². The number of methoxy groups -OCH3 is 3. The van der Waals surface area contributed by atoms with Crippen LogP contribution in [0.4, 0.5) is 14.5 Å². The fourth-order valence-electron chi connectivity index (χ4n) is 3.90. The summed E-state index contributed by atoms with van der Waals surface area (Å²) in [5, 5.41) is 0. The van der Waals surface area contributed by atoms with E-state index < -0.39 is 27.6 Å². The van der Waals surface area contributed by atoms with Crippen molar-refractivity contribution in [2.24, 2.45) is 5.73 Å². The summed E-state index contributed by atoms with van der Waals surface area (Å²) in [6.07, 6.45) is -0.239. The molecule has 0 unspecified atom stereocenters. The summed E-state index contributed by atoms with van der Waals surface area (Å²) in [5.41, 5.74) is 5.45. The SMILES string of the molecule is COc1ccc(S(=O)(=O)N(CCCC(N)=O)c2c(Cc3c(F)cccc3F)cccc2OC)cc1OC. The lowest BCUT2D eigenvalue weighted by Gasteiger charge is -2.28. The maximum absolute atomic E-state index is 14.5. The zero-order valence-electron chi connectivity index (χ0n) is 20.7. The van der Waals surface area contributed by atoms with E-state index in [9.17, 15) is 22.0 Å². The van der Waals surface area contributed by atoms with Crippen molar-refractivity contribution in [2.45, 2.75) is 24.2 Å². The smallest absolute Gasteiger partial charge is 0.264 e. The van der Waals surface area contributed by atoms with Crippen molar-refractivity contribution in [3.05, 3.63) is 77.4 Å². The summed E-state index contributed by atoms with van der Waals surface area (Å²) in [5.74, 6) is -1.45. The number of halogens is 2. The number of nitrogens with two attached hydrogens (primary N) is 1. The van der Waals surface area contributed by atoms with Gasteiger partial charge in [-0.05, 0) is 42.3 Å². The molecule has 8 nitrogen and oxygen atoms in total. The van der Waals surface area contributed by atoms with Crippen molar-refractivity contribution in [3.63, 3.8) is 0 Å². The molecule has 0 aliphatic heterocycles. The fourth-order valence-corrected chi connectivity index (χ4v) is 5.47. The lowest BCUT2D eigenvalue weighted by molar-refractivity contribution is -0.118. The quantitative estimate of drug-likeness (QED) is 0.376. The van der Waals surface area contributed by atoms with Gasteiger partial charge in [-0.15, -0.1) is 0 Å². The van der Waals surface area contributed by atoms with Crippen molar-refractivity contribution in [1.29, 1.82) is 0 Å². The average Bonchev–Trinajstić information content (AvgIpc) is 2.88. The van der Waals surface area contributed by atoms with E-state index in [-0.39, 0.29) is 53.5 Å². The van der Waals surface area contributed by atoms with E-state index in [1.54, 1.807) is 18.2 Å². The predicted molar refractivity (Wildman–Crippen MR) is 135 cm³/mol. The Hall–Kier alpha value is -3.86. The van der Waals surface area contributed by atoms with E-state index in [0.29, 0.717) is 11.3 Å². The number of nitrogens with zero attached hydrogens (tertiary/aromatic N) is 1. The molecule has 0 bridgehead atoms. The number of ether oxygens (including phenoxy) is 3. The Kier molecular flexibility index (Phi) is 8.93. The molecule has 198 valence electrons. The molecular weight excluding hydrogens is 506 g/mol. The van der Waals surface area contributed by atoms with Gasteiger partial charge in [0, 0.05) is 31.0 Å². The number of sulfonamides is 1. The molecule has 0 saturated heterocycles. The third-order valence-corrected chi connectivity index (χ3v) is 7.50. The summed E-state index contributed by atoms with van der Waals surface area (Å²) < 4.78 is 74.0. The molecule has 3 rings (SSSR count). The van der Waals surface area contributed by atoms with Crippen LogP contribution in [0, 0.1) is 11.6 Å². The first-order chi connectivity index (χ1) is 17.6. The molecule has 0 aromatic heterocycles. The van der Waals surface area contributed by atoms with Crippen LogP contribution in [-0.2, 0) is 21.2 Å². The Labute approximate surface area is 214 Å². The maximum atomic E-state index is 14.5. The van der Waals surface area contributed by atoms with Gasteiger partial charge in [0.15, 0.2) is 11.5 Å². The van der Waals surface area contributed by atoms with Crippen LogP contribution in [0.3, 0.4) is 0 Å². The second-order valence-electron chi connectivity index (χ2n) is 8.01. The van der Waals surface area contributed by atoms with E-state index in [1.165, 1.54) is 45.6 Å². The number of benzene rings is 3. The van der Waals surface area contributed by atoms with Crippen LogP contribution >= 0.6 is 0 Å². The minimum atomic E-state index is -4.30. The minimum absolute atomic E-state index is 0.0790. The van der Waals surface area contributed by atoms with Crippen LogP contribution in [0.25, 0.3) is 0 Å². The van der Waals surface area contributed by atoms with Crippen molar-refractivity contribution >= 4 is 21.6 Å². The lowest BCUT2D eigenvalue weighted by atomic mass is 10.0. The third kappa shape index (κ3) is 6.11. The zero-order chi connectivity index (χ0) is 27.2. The first-order valence-electron chi connectivity index (χ1n) is 11.3. The number of hydrogen-bond donors (Lipinski definition) is 1. The summed E-state index contributed by atoms with van der Waals surface area (Å²) >= 11 is 0. The predicted octanol–water partition coefficient (Wildman–Crippen LogP) is 4.04. The highest BCUT2D eigenvalue weighted by Gasteiger charge is 2.31. The van der Waals surface area contributed by atoms with Gasteiger partial charge in [0.25, 0.3) is 10.0 Å². The Bertz CT molecular complexity index is 1360. The molecule has 37 heavy (non-hydrogen) atoms. The highest BCUT2D eigenvalue weighted by molar-refractivity contribution is 7.92. The van der Waals surface area contributed by atoms with E-state index >= 15 is 0 Å². The number of rotatable bonds is 12. The van der Waals surface area contributed by atoms with Gasteiger partial charge in [0.05, 0.1) is 31.9 Å². The van der Waals surface area contributed by atoms with Gasteiger partial charge >= 0.3 is 0 Å². The van der Waals surface area contributed by atoms with Crippen LogP contribution in [0.1, 0.15) is 24.0 Å². The molecular formula is C26H28F2N2O6S. The van der Waals surface area contributed by atoms with Gasteiger partial charge in [-0.3, -0.25) is 9.10 Å². The third-order valence-electron chi connectivity index (χ3n) is 5.71. The van der Waals surface area contributed by atoms with Crippen molar-refractivity contribution in [3.8, 4) is 17.2 Å². The van der Waals surface area contributed by atoms with E-state index in [1.807, 2.05) is 0 Å². The molecule has 0 heterocycles. The Balaban J connectivity index is 2.21. The largest absolute Gasteiger partial charge is 0.495 e. The summed E-state index contributed by atoms with van der Waals surface area (Å²) in [7, 11) is -0.144. The standard InChI is InChI=1S/C26H28F2N2O6S/c1-34-22-13-12-18(16-24(22)36-3)37(32,33)30(14-6-11-25(29)31)26-17(7-4-10-23(26)35-2)15-19-20(27)8-5-9-21(19)28/h4-5,7-10,12-13,16H,6,11,14-15H2,1-3H3,(H2,29,31). The molecule has 0 fully saturated rings. The van der Waals surface area contributed by atoms with Crippen LogP contribution in [0.5, 0.6) is 17.2 Å².